The number of nitrogens with one attached hydrogen (secondary N) is 4. The number of rotatable bonds is 17. The van der Waals surface area contributed by atoms with Gasteiger partial charge in [0, 0.05) is 19.8 Å². The molecule has 4 N–H and O–H groups in total. The molecule has 11 nitrogen and oxygen atoms in total. The van der Waals surface area contributed by atoms with Crippen LogP contribution in [0.4, 0.5) is 0 Å². The molecular weight excluding hydrogens is 548 g/mol. The average Bonchev–Trinajstić information content (AvgIpc) is 3.42. The standard InChI is InChI=1S/C32H42N6O5/c1-22(2)17-27(37-30(40)23(3)35-32(42)28-15-16-34-38(28)4)31(41)36-26(18-24-11-7-5-8-12-24)29(39)20-43-21-33-19-25-13-9-6-10-14-25/h5-16,22-23,26-27,33H,17-21H2,1-4H3,(H,35,42)(H,36,41)(H,37,40)/t23-,26-,27-/m0/s1. The van der Waals surface area contributed by atoms with E-state index >= 15 is 0 Å². The smallest absolute Gasteiger partial charge is 0.270 e. The number of benzene rings is 2. The molecule has 3 amide bonds. The minimum Gasteiger partial charge on any atom is -0.358 e. The molecule has 11 heteroatoms. The van der Waals surface area contributed by atoms with Crippen molar-refractivity contribution >= 4 is 23.5 Å². The van der Waals surface area contributed by atoms with Crippen LogP contribution in [-0.2, 0) is 39.1 Å². The maximum atomic E-state index is 13.5. The summed E-state index contributed by atoms with van der Waals surface area (Å²) >= 11 is 0. The molecule has 0 aliphatic carbocycles. The van der Waals surface area contributed by atoms with Crippen LogP contribution in [0, 0.1) is 5.92 Å². The van der Waals surface area contributed by atoms with Crippen LogP contribution in [0.15, 0.2) is 72.9 Å². The van der Waals surface area contributed by atoms with Crippen LogP contribution in [0.5, 0.6) is 0 Å². The zero-order chi connectivity index (χ0) is 31.2. The second-order valence-electron chi connectivity index (χ2n) is 10.8. The maximum Gasteiger partial charge on any atom is 0.270 e. The second-order valence-corrected chi connectivity index (χ2v) is 10.8. The molecular formula is C32H42N6O5. The zero-order valence-corrected chi connectivity index (χ0v) is 25.2. The lowest BCUT2D eigenvalue weighted by Crippen LogP contribution is -2.56. The largest absolute Gasteiger partial charge is 0.358 e. The number of hydrogen-bond donors (Lipinski definition) is 4. The van der Waals surface area contributed by atoms with Gasteiger partial charge in [-0.25, -0.2) is 0 Å². The van der Waals surface area contributed by atoms with Crippen molar-refractivity contribution < 1.29 is 23.9 Å². The summed E-state index contributed by atoms with van der Waals surface area (Å²) in [6.45, 7) is 5.97. The first-order chi connectivity index (χ1) is 20.6. The van der Waals surface area contributed by atoms with Crippen molar-refractivity contribution in [1.29, 1.82) is 0 Å². The molecule has 0 unspecified atom stereocenters. The Hall–Kier alpha value is -4.35. The average molecular weight is 591 g/mol. The Kier molecular flexibility index (Phi) is 13.1. The normalized spacial score (nSPS) is 13.1. The molecule has 0 spiro atoms. The number of ether oxygens (including phenoxy) is 1. The van der Waals surface area contributed by atoms with Crippen LogP contribution in [0.3, 0.4) is 0 Å². The van der Waals surface area contributed by atoms with Crippen molar-refractivity contribution in [3.05, 3.63) is 89.7 Å². The highest BCUT2D eigenvalue weighted by atomic mass is 16.5. The van der Waals surface area contributed by atoms with Gasteiger partial charge in [0.05, 0.1) is 12.8 Å². The molecule has 0 bridgehead atoms. The monoisotopic (exact) mass is 590 g/mol. The van der Waals surface area contributed by atoms with Crippen molar-refractivity contribution in [3.63, 3.8) is 0 Å². The van der Waals surface area contributed by atoms with Gasteiger partial charge in [-0.2, -0.15) is 5.10 Å². The number of carbonyl (C=O) groups excluding carboxylic acids is 4. The molecule has 3 rings (SSSR count). The van der Waals surface area contributed by atoms with Crippen molar-refractivity contribution in [3.8, 4) is 0 Å². The Labute approximate surface area is 252 Å². The summed E-state index contributed by atoms with van der Waals surface area (Å²) in [5.74, 6) is -1.68. The molecule has 0 radical (unpaired) electrons. The fraction of sp³-hybridized carbons (Fsp3) is 0.406. The highest BCUT2D eigenvalue weighted by Crippen LogP contribution is 2.09. The van der Waals surface area contributed by atoms with Crippen molar-refractivity contribution in [2.75, 3.05) is 13.3 Å². The molecule has 0 saturated carbocycles. The summed E-state index contributed by atoms with van der Waals surface area (Å²) in [5, 5.41) is 15.4. The summed E-state index contributed by atoms with van der Waals surface area (Å²) < 4.78 is 6.99. The van der Waals surface area contributed by atoms with Crippen molar-refractivity contribution in [2.24, 2.45) is 13.0 Å². The number of amides is 3. The number of nitrogens with zero attached hydrogens (tertiary/aromatic N) is 2. The summed E-state index contributed by atoms with van der Waals surface area (Å²) in [4.78, 5) is 52.3. The second kappa shape index (κ2) is 16.9. The fourth-order valence-electron chi connectivity index (χ4n) is 4.42. The van der Waals surface area contributed by atoms with Gasteiger partial charge >= 0.3 is 0 Å². The topological polar surface area (TPSA) is 143 Å². The van der Waals surface area contributed by atoms with Crippen LogP contribution >= 0.6 is 0 Å². The first kappa shape index (κ1) is 33.2. The molecule has 2 aromatic carbocycles. The number of hydrogen-bond acceptors (Lipinski definition) is 7. The molecule has 0 aliphatic heterocycles. The van der Waals surface area contributed by atoms with Gasteiger partial charge in [0.15, 0.2) is 5.78 Å². The summed E-state index contributed by atoms with van der Waals surface area (Å²) in [7, 11) is 1.63. The third-order valence-corrected chi connectivity index (χ3v) is 6.74. The lowest BCUT2D eigenvalue weighted by atomic mass is 9.99. The lowest BCUT2D eigenvalue weighted by Gasteiger charge is -2.25. The van der Waals surface area contributed by atoms with E-state index in [1.165, 1.54) is 10.9 Å². The SMILES string of the molecule is CC(C)C[C@H](NC(=O)[C@H](C)NC(=O)c1ccnn1C)C(=O)N[C@@H](Cc1ccccc1)C(=O)COCNCc1ccccc1. The minimum absolute atomic E-state index is 0.0673. The summed E-state index contributed by atoms with van der Waals surface area (Å²) in [5.41, 5.74) is 2.27. The van der Waals surface area contributed by atoms with Crippen molar-refractivity contribution in [2.45, 2.75) is 58.3 Å². The quantitative estimate of drug-likeness (QED) is 0.139. The number of aromatic nitrogens is 2. The molecule has 43 heavy (non-hydrogen) atoms. The van der Waals surface area contributed by atoms with Gasteiger partial charge < -0.3 is 20.7 Å². The third kappa shape index (κ3) is 11.1. The Morgan fingerprint density at radius 2 is 1.44 bits per heavy atom. The minimum atomic E-state index is -0.914. The third-order valence-electron chi connectivity index (χ3n) is 6.74. The van der Waals surface area contributed by atoms with Crippen LogP contribution in [0.1, 0.15) is 48.8 Å². The van der Waals surface area contributed by atoms with E-state index in [9.17, 15) is 19.2 Å². The Balaban J connectivity index is 1.61. The van der Waals surface area contributed by atoms with Gasteiger partial charge in [0.2, 0.25) is 11.8 Å². The van der Waals surface area contributed by atoms with Crippen LogP contribution in [0.2, 0.25) is 0 Å². The molecule has 1 heterocycles. The van der Waals surface area contributed by atoms with Crippen molar-refractivity contribution in [1.82, 2.24) is 31.0 Å². The van der Waals surface area contributed by atoms with E-state index in [1.54, 1.807) is 20.0 Å². The first-order valence-corrected chi connectivity index (χ1v) is 14.4. The van der Waals surface area contributed by atoms with Crippen LogP contribution in [0.25, 0.3) is 0 Å². The van der Waals surface area contributed by atoms with Gasteiger partial charge in [0.25, 0.3) is 5.91 Å². The van der Waals surface area contributed by atoms with E-state index in [0.717, 1.165) is 11.1 Å². The lowest BCUT2D eigenvalue weighted by molar-refractivity contribution is -0.133. The van der Waals surface area contributed by atoms with Gasteiger partial charge in [-0.3, -0.25) is 29.2 Å². The fourth-order valence-corrected chi connectivity index (χ4v) is 4.42. The number of Topliss-reactive ketones (excluding diaryl/α,β-unsaturated/α-hetero) is 1. The van der Waals surface area contributed by atoms with Gasteiger partial charge in [-0.05, 0) is 42.9 Å². The van der Waals surface area contributed by atoms with Crippen LogP contribution < -0.4 is 21.3 Å². The molecule has 230 valence electrons. The molecule has 0 fully saturated rings. The Morgan fingerprint density at radius 1 is 0.814 bits per heavy atom. The first-order valence-electron chi connectivity index (χ1n) is 14.4. The Bertz CT molecular complexity index is 1330. The number of ketones is 1. The molecule has 0 saturated heterocycles. The molecule has 0 aliphatic rings. The van der Waals surface area contributed by atoms with E-state index in [1.807, 2.05) is 74.5 Å². The van der Waals surface area contributed by atoms with Gasteiger partial charge in [-0.1, -0.05) is 74.5 Å². The van der Waals surface area contributed by atoms with E-state index < -0.39 is 35.8 Å². The van der Waals surface area contributed by atoms with E-state index in [2.05, 4.69) is 26.4 Å². The summed E-state index contributed by atoms with van der Waals surface area (Å²) in [6, 6.07) is 18.1. The molecule has 1 aromatic heterocycles. The van der Waals surface area contributed by atoms with Crippen LogP contribution in [-0.4, -0.2) is 64.7 Å². The predicted octanol–water partition coefficient (Wildman–Crippen LogP) is 2.13. The number of aryl methyl sites for hydroxylation is 1. The highest BCUT2D eigenvalue weighted by Gasteiger charge is 2.29. The zero-order valence-electron chi connectivity index (χ0n) is 25.2. The Morgan fingerprint density at radius 3 is 2.05 bits per heavy atom. The van der Waals surface area contributed by atoms with E-state index in [-0.39, 0.29) is 31.5 Å². The highest BCUT2D eigenvalue weighted by molar-refractivity contribution is 5.97. The molecule has 3 aromatic rings. The van der Waals surface area contributed by atoms with Gasteiger partial charge in [0.1, 0.15) is 24.4 Å². The molecule has 3 atom stereocenters. The van der Waals surface area contributed by atoms with E-state index in [4.69, 9.17) is 4.74 Å². The van der Waals surface area contributed by atoms with Gasteiger partial charge in [-0.15, -0.1) is 0 Å². The maximum absolute atomic E-state index is 13.5. The predicted molar refractivity (Wildman–Crippen MR) is 163 cm³/mol. The van der Waals surface area contributed by atoms with E-state index in [0.29, 0.717) is 18.7 Å². The number of carbonyl (C=O) groups is 4. The summed E-state index contributed by atoms with van der Waals surface area (Å²) in [6.07, 6.45) is 2.10.